The standard InChI is InChI=1S/C12H21N3O/c1-4-14-11-6-12(8-13-7-11)15-10(3)9-16-5-2/h6-8,10,14-15H,4-5,9H2,1-3H3. The lowest BCUT2D eigenvalue weighted by Crippen LogP contribution is -2.21. The second-order valence-corrected chi connectivity index (χ2v) is 3.70. The molecule has 0 aliphatic heterocycles. The van der Waals surface area contributed by atoms with Crippen molar-refractivity contribution in [3.8, 4) is 0 Å². The topological polar surface area (TPSA) is 46.2 Å². The van der Waals surface area contributed by atoms with Crippen LogP contribution in [0.5, 0.6) is 0 Å². The number of nitrogens with zero attached hydrogens (tertiary/aromatic N) is 1. The van der Waals surface area contributed by atoms with Gasteiger partial charge < -0.3 is 15.4 Å². The third kappa shape index (κ3) is 4.49. The molecule has 0 radical (unpaired) electrons. The Morgan fingerprint density at radius 3 is 2.75 bits per heavy atom. The van der Waals surface area contributed by atoms with E-state index in [9.17, 15) is 0 Å². The van der Waals surface area contributed by atoms with Crippen molar-refractivity contribution in [1.29, 1.82) is 0 Å². The highest BCUT2D eigenvalue weighted by Crippen LogP contribution is 2.13. The molecule has 0 spiro atoms. The molecule has 1 atom stereocenters. The molecule has 2 N–H and O–H groups in total. The molecule has 0 bridgehead atoms. The summed E-state index contributed by atoms with van der Waals surface area (Å²) in [6.45, 7) is 8.52. The van der Waals surface area contributed by atoms with Gasteiger partial charge in [0.25, 0.3) is 0 Å². The van der Waals surface area contributed by atoms with Crippen LogP contribution in [0.4, 0.5) is 11.4 Å². The van der Waals surface area contributed by atoms with Gasteiger partial charge in [0, 0.05) is 19.2 Å². The van der Waals surface area contributed by atoms with Crippen LogP contribution in [0, 0.1) is 0 Å². The van der Waals surface area contributed by atoms with Crippen molar-refractivity contribution < 1.29 is 4.74 Å². The Bertz CT molecular complexity index is 304. The van der Waals surface area contributed by atoms with E-state index in [-0.39, 0.29) is 0 Å². The quantitative estimate of drug-likeness (QED) is 0.745. The fourth-order valence-electron chi connectivity index (χ4n) is 1.44. The summed E-state index contributed by atoms with van der Waals surface area (Å²) in [5.41, 5.74) is 2.06. The lowest BCUT2D eigenvalue weighted by molar-refractivity contribution is 0.141. The summed E-state index contributed by atoms with van der Waals surface area (Å²) in [7, 11) is 0. The first-order valence-corrected chi connectivity index (χ1v) is 5.79. The van der Waals surface area contributed by atoms with E-state index in [0.717, 1.165) is 24.5 Å². The molecule has 0 saturated carbocycles. The highest BCUT2D eigenvalue weighted by atomic mass is 16.5. The van der Waals surface area contributed by atoms with E-state index in [1.165, 1.54) is 0 Å². The monoisotopic (exact) mass is 223 g/mol. The fourth-order valence-corrected chi connectivity index (χ4v) is 1.44. The smallest absolute Gasteiger partial charge is 0.0664 e. The summed E-state index contributed by atoms with van der Waals surface area (Å²) in [6, 6.07) is 2.34. The lowest BCUT2D eigenvalue weighted by atomic mass is 10.3. The van der Waals surface area contributed by atoms with E-state index in [4.69, 9.17) is 4.74 Å². The molecule has 0 fully saturated rings. The number of ether oxygens (including phenoxy) is 1. The number of rotatable bonds is 7. The molecule has 4 nitrogen and oxygen atoms in total. The molecule has 4 heteroatoms. The minimum absolute atomic E-state index is 0.290. The Kier molecular flexibility index (Phi) is 5.64. The van der Waals surface area contributed by atoms with Crippen LogP contribution in [-0.2, 0) is 4.74 Å². The summed E-state index contributed by atoms with van der Waals surface area (Å²) in [4.78, 5) is 4.17. The average molecular weight is 223 g/mol. The summed E-state index contributed by atoms with van der Waals surface area (Å²) >= 11 is 0. The first-order chi connectivity index (χ1) is 7.76. The molecule has 0 aliphatic rings. The van der Waals surface area contributed by atoms with Gasteiger partial charge in [0.2, 0.25) is 0 Å². The number of hydrogen-bond donors (Lipinski definition) is 2. The molecule has 1 aromatic heterocycles. The van der Waals surface area contributed by atoms with Crippen LogP contribution in [0.2, 0.25) is 0 Å². The zero-order valence-corrected chi connectivity index (χ0v) is 10.3. The van der Waals surface area contributed by atoms with Gasteiger partial charge in [-0.2, -0.15) is 0 Å². The van der Waals surface area contributed by atoms with Crippen molar-refractivity contribution in [1.82, 2.24) is 4.98 Å². The number of aromatic nitrogens is 1. The summed E-state index contributed by atoms with van der Waals surface area (Å²) < 4.78 is 5.35. The molecule has 1 rings (SSSR count). The van der Waals surface area contributed by atoms with Gasteiger partial charge in [-0.1, -0.05) is 0 Å². The van der Waals surface area contributed by atoms with Gasteiger partial charge in [0.05, 0.1) is 30.4 Å². The van der Waals surface area contributed by atoms with Crippen LogP contribution in [0.3, 0.4) is 0 Å². The average Bonchev–Trinajstić information content (AvgIpc) is 2.27. The fraction of sp³-hybridized carbons (Fsp3) is 0.583. The van der Waals surface area contributed by atoms with Crippen LogP contribution in [0.25, 0.3) is 0 Å². The van der Waals surface area contributed by atoms with Gasteiger partial charge in [0.15, 0.2) is 0 Å². The SMILES string of the molecule is CCNc1cncc(NC(C)COCC)c1. The predicted molar refractivity (Wildman–Crippen MR) is 68.0 cm³/mol. The van der Waals surface area contributed by atoms with Crippen LogP contribution < -0.4 is 10.6 Å². The van der Waals surface area contributed by atoms with E-state index < -0.39 is 0 Å². The molecule has 90 valence electrons. The largest absolute Gasteiger partial charge is 0.384 e. The Balaban J connectivity index is 2.49. The Morgan fingerprint density at radius 2 is 2.06 bits per heavy atom. The molecule has 0 aliphatic carbocycles. The van der Waals surface area contributed by atoms with E-state index >= 15 is 0 Å². The molecule has 1 aromatic rings. The lowest BCUT2D eigenvalue weighted by Gasteiger charge is -2.15. The second-order valence-electron chi connectivity index (χ2n) is 3.70. The molecular formula is C12H21N3O. The maximum atomic E-state index is 5.35. The van der Waals surface area contributed by atoms with Gasteiger partial charge >= 0.3 is 0 Å². The molecular weight excluding hydrogens is 202 g/mol. The number of hydrogen-bond acceptors (Lipinski definition) is 4. The Hall–Kier alpha value is -1.29. The summed E-state index contributed by atoms with van der Waals surface area (Å²) in [5, 5.41) is 6.58. The Labute approximate surface area is 97.4 Å². The first kappa shape index (κ1) is 12.8. The molecule has 1 unspecified atom stereocenters. The Morgan fingerprint density at radius 1 is 1.31 bits per heavy atom. The molecule has 0 saturated heterocycles. The maximum absolute atomic E-state index is 5.35. The minimum atomic E-state index is 0.290. The molecule has 0 aromatic carbocycles. The van der Waals surface area contributed by atoms with Gasteiger partial charge in [-0.15, -0.1) is 0 Å². The van der Waals surface area contributed by atoms with Crippen LogP contribution >= 0.6 is 0 Å². The maximum Gasteiger partial charge on any atom is 0.0664 e. The van der Waals surface area contributed by atoms with E-state index in [1.54, 1.807) is 0 Å². The van der Waals surface area contributed by atoms with Gasteiger partial charge in [-0.25, -0.2) is 0 Å². The summed E-state index contributed by atoms with van der Waals surface area (Å²) in [5.74, 6) is 0. The van der Waals surface area contributed by atoms with Crippen molar-refractivity contribution in [3.05, 3.63) is 18.5 Å². The van der Waals surface area contributed by atoms with E-state index in [0.29, 0.717) is 12.6 Å². The third-order valence-electron chi connectivity index (χ3n) is 2.10. The van der Waals surface area contributed by atoms with Crippen molar-refractivity contribution in [2.75, 3.05) is 30.4 Å². The first-order valence-electron chi connectivity index (χ1n) is 5.79. The zero-order valence-electron chi connectivity index (χ0n) is 10.3. The van der Waals surface area contributed by atoms with Crippen LogP contribution in [0.1, 0.15) is 20.8 Å². The highest BCUT2D eigenvalue weighted by molar-refractivity contribution is 5.54. The van der Waals surface area contributed by atoms with E-state index in [1.807, 2.05) is 19.3 Å². The zero-order chi connectivity index (χ0) is 11.8. The minimum Gasteiger partial charge on any atom is -0.384 e. The highest BCUT2D eigenvalue weighted by Gasteiger charge is 2.02. The van der Waals surface area contributed by atoms with E-state index in [2.05, 4.69) is 35.5 Å². The van der Waals surface area contributed by atoms with Gasteiger partial charge in [-0.3, -0.25) is 4.98 Å². The van der Waals surface area contributed by atoms with Gasteiger partial charge in [0.1, 0.15) is 0 Å². The normalized spacial score (nSPS) is 12.2. The molecule has 0 amide bonds. The van der Waals surface area contributed by atoms with Crippen molar-refractivity contribution in [2.24, 2.45) is 0 Å². The van der Waals surface area contributed by atoms with Crippen LogP contribution in [-0.4, -0.2) is 30.8 Å². The molecule has 1 heterocycles. The van der Waals surface area contributed by atoms with Crippen molar-refractivity contribution in [3.63, 3.8) is 0 Å². The van der Waals surface area contributed by atoms with Crippen molar-refractivity contribution >= 4 is 11.4 Å². The summed E-state index contributed by atoms with van der Waals surface area (Å²) in [6.07, 6.45) is 3.64. The third-order valence-corrected chi connectivity index (χ3v) is 2.10. The molecule has 16 heavy (non-hydrogen) atoms. The van der Waals surface area contributed by atoms with Crippen LogP contribution in [0.15, 0.2) is 18.5 Å². The van der Waals surface area contributed by atoms with Crippen molar-refractivity contribution in [2.45, 2.75) is 26.8 Å². The predicted octanol–water partition coefficient (Wildman–Crippen LogP) is 2.35. The second kappa shape index (κ2) is 7.06. The van der Waals surface area contributed by atoms with Gasteiger partial charge in [-0.05, 0) is 26.8 Å². The number of pyridine rings is 1. The number of anilines is 2. The number of nitrogens with one attached hydrogen (secondary N) is 2.